The van der Waals surface area contributed by atoms with Crippen LogP contribution in [0.15, 0.2) is 36.5 Å². The first-order valence-electron chi connectivity index (χ1n) is 5.57. The van der Waals surface area contributed by atoms with Gasteiger partial charge in [-0.25, -0.2) is 0 Å². The predicted molar refractivity (Wildman–Crippen MR) is 68.9 cm³/mol. The molecule has 1 aromatic heterocycles. The van der Waals surface area contributed by atoms with E-state index in [2.05, 4.69) is 4.98 Å². The minimum Gasteiger partial charge on any atom is -0.487 e. The number of hydrogen-bond donors (Lipinski definition) is 1. The number of anilines is 1. The molecule has 1 heterocycles. The quantitative estimate of drug-likeness (QED) is 0.878. The van der Waals surface area contributed by atoms with Gasteiger partial charge < -0.3 is 10.5 Å². The van der Waals surface area contributed by atoms with Crippen molar-refractivity contribution in [1.29, 1.82) is 0 Å². The smallest absolute Gasteiger partial charge is 0.145 e. The van der Waals surface area contributed by atoms with E-state index in [0.29, 0.717) is 12.3 Å². The molecule has 2 aromatic rings. The summed E-state index contributed by atoms with van der Waals surface area (Å²) < 4.78 is 5.79. The van der Waals surface area contributed by atoms with Gasteiger partial charge in [0.1, 0.15) is 12.4 Å². The average Bonchev–Trinajstić information content (AvgIpc) is 2.35. The largest absolute Gasteiger partial charge is 0.487 e. The van der Waals surface area contributed by atoms with Crippen LogP contribution in [0.3, 0.4) is 0 Å². The Balaban J connectivity index is 2.17. The van der Waals surface area contributed by atoms with E-state index >= 15 is 0 Å². The zero-order valence-electron chi connectivity index (χ0n) is 10.1. The Morgan fingerprint density at radius 2 is 1.88 bits per heavy atom. The fourth-order valence-electron chi connectivity index (χ4n) is 1.67. The second-order valence-corrected chi connectivity index (χ2v) is 4.03. The van der Waals surface area contributed by atoms with E-state index in [0.717, 1.165) is 22.6 Å². The SMILES string of the molecule is Cc1ncc(N)c(C)c1OCc1ccccc1. The number of ether oxygens (including phenoxy) is 1. The zero-order chi connectivity index (χ0) is 12.3. The number of nitrogens with two attached hydrogens (primary N) is 1. The molecule has 0 saturated heterocycles. The molecule has 1 aromatic carbocycles. The third-order valence-electron chi connectivity index (χ3n) is 2.73. The van der Waals surface area contributed by atoms with Crippen LogP contribution in [0.1, 0.15) is 16.8 Å². The fourth-order valence-corrected chi connectivity index (χ4v) is 1.67. The number of nitrogens with zero attached hydrogens (tertiary/aromatic N) is 1. The van der Waals surface area contributed by atoms with Crippen molar-refractivity contribution in [3.8, 4) is 5.75 Å². The minimum absolute atomic E-state index is 0.535. The molecule has 17 heavy (non-hydrogen) atoms. The molecule has 3 nitrogen and oxygen atoms in total. The number of aromatic nitrogens is 1. The molecule has 0 aliphatic heterocycles. The van der Waals surface area contributed by atoms with Crippen molar-refractivity contribution in [2.75, 3.05) is 5.73 Å². The lowest BCUT2D eigenvalue weighted by atomic mass is 10.2. The molecule has 0 amide bonds. The Morgan fingerprint density at radius 3 is 2.59 bits per heavy atom. The van der Waals surface area contributed by atoms with Crippen LogP contribution < -0.4 is 10.5 Å². The molecule has 2 N–H and O–H groups in total. The van der Waals surface area contributed by atoms with Gasteiger partial charge in [0.15, 0.2) is 0 Å². The van der Waals surface area contributed by atoms with Gasteiger partial charge in [-0.05, 0) is 19.4 Å². The van der Waals surface area contributed by atoms with E-state index in [1.54, 1.807) is 6.20 Å². The van der Waals surface area contributed by atoms with Crippen molar-refractivity contribution >= 4 is 5.69 Å². The van der Waals surface area contributed by atoms with Crippen molar-refractivity contribution in [3.63, 3.8) is 0 Å². The van der Waals surface area contributed by atoms with Crippen LogP contribution in [0.4, 0.5) is 5.69 Å². The summed E-state index contributed by atoms with van der Waals surface area (Å²) in [5, 5.41) is 0. The maximum absolute atomic E-state index is 5.82. The van der Waals surface area contributed by atoms with E-state index in [-0.39, 0.29) is 0 Å². The van der Waals surface area contributed by atoms with E-state index in [4.69, 9.17) is 10.5 Å². The van der Waals surface area contributed by atoms with Crippen LogP contribution in [-0.2, 0) is 6.61 Å². The first kappa shape index (κ1) is 11.5. The highest BCUT2D eigenvalue weighted by Crippen LogP contribution is 2.26. The lowest BCUT2D eigenvalue weighted by Crippen LogP contribution is -2.02. The number of rotatable bonds is 3. The highest BCUT2D eigenvalue weighted by atomic mass is 16.5. The van der Waals surface area contributed by atoms with Crippen LogP contribution >= 0.6 is 0 Å². The minimum atomic E-state index is 0.535. The Hall–Kier alpha value is -2.03. The third kappa shape index (κ3) is 2.56. The number of hydrogen-bond acceptors (Lipinski definition) is 3. The van der Waals surface area contributed by atoms with Crippen LogP contribution in [0.25, 0.3) is 0 Å². The summed E-state index contributed by atoms with van der Waals surface area (Å²) in [6.45, 7) is 4.41. The molecular formula is C14H16N2O. The molecule has 3 heteroatoms. The second kappa shape index (κ2) is 4.87. The van der Waals surface area contributed by atoms with Gasteiger partial charge in [-0.15, -0.1) is 0 Å². The number of benzene rings is 1. The molecule has 0 aliphatic rings. The van der Waals surface area contributed by atoms with Crippen LogP contribution in [0.5, 0.6) is 5.75 Å². The van der Waals surface area contributed by atoms with Gasteiger partial charge in [-0.2, -0.15) is 0 Å². The van der Waals surface area contributed by atoms with Crippen molar-refractivity contribution in [2.24, 2.45) is 0 Å². The first-order chi connectivity index (χ1) is 8.18. The average molecular weight is 228 g/mol. The number of pyridine rings is 1. The maximum Gasteiger partial charge on any atom is 0.145 e. The third-order valence-corrected chi connectivity index (χ3v) is 2.73. The summed E-state index contributed by atoms with van der Waals surface area (Å²) in [6.07, 6.45) is 1.67. The lowest BCUT2D eigenvalue weighted by molar-refractivity contribution is 0.300. The fraction of sp³-hybridized carbons (Fsp3) is 0.214. The normalized spacial score (nSPS) is 10.2. The molecule has 2 rings (SSSR count). The molecule has 0 saturated carbocycles. The van der Waals surface area contributed by atoms with Crippen molar-refractivity contribution in [3.05, 3.63) is 53.3 Å². The monoisotopic (exact) mass is 228 g/mol. The van der Waals surface area contributed by atoms with E-state index in [1.807, 2.05) is 44.2 Å². The van der Waals surface area contributed by atoms with Gasteiger partial charge in [0.2, 0.25) is 0 Å². The first-order valence-corrected chi connectivity index (χ1v) is 5.57. The van der Waals surface area contributed by atoms with Crippen LogP contribution in [0, 0.1) is 13.8 Å². The van der Waals surface area contributed by atoms with E-state index in [1.165, 1.54) is 0 Å². The highest BCUT2D eigenvalue weighted by Gasteiger charge is 2.08. The Labute approximate surface area is 101 Å². The van der Waals surface area contributed by atoms with E-state index in [9.17, 15) is 0 Å². The van der Waals surface area contributed by atoms with Gasteiger partial charge in [0.25, 0.3) is 0 Å². The lowest BCUT2D eigenvalue weighted by Gasteiger charge is -2.12. The molecule has 0 atom stereocenters. The summed E-state index contributed by atoms with van der Waals surface area (Å²) in [5.41, 5.74) is 9.43. The van der Waals surface area contributed by atoms with Gasteiger partial charge in [0.05, 0.1) is 17.6 Å². The molecule has 0 bridgehead atoms. The molecule has 0 fully saturated rings. The summed E-state index contributed by atoms with van der Waals surface area (Å²) in [6, 6.07) is 10.0. The molecule has 0 spiro atoms. The number of nitrogen functional groups attached to an aromatic ring is 1. The van der Waals surface area contributed by atoms with Gasteiger partial charge in [-0.1, -0.05) is 30.3 Å². The zero-order valence-corrected chi connectivity index (χ0v) is 10.1. The highest BCUT2D eigenvalue weighted by molar-refractivity contribution is 5.53. The molecule has 0 unspecified atom stereocenters. The van der Waals surface area contributed by atoms with Gasteiger partial charge in [0, 0.05) is 5.56 Å². The Morgan fingerprint density at radius 1 is 1.18 bits per heavy atom. The Kier molecular flexibility index (Phi) is 3.28. The molecular weight excluding hydrogens is 212 g/mol. The summed E-state index contributed by atoms with van der Waals surface area (Å²) in [7, 11) is 0. The topological polar surface area (TPSA) is 48.1 Å². The van der Waals surface area contributed by atoms with Crippen LogP contribution in [0.2, 0.25) is 0 Å². The summed E-state index contributed by atoms with van der Waals surface area (Å²) >= 11 is 0. The number of aryl methyl sites for hydroxylation is 1. The maximum atomic E-state index is 5.82. The summed E-state index contributed by atoms with van der Waals surface area (Å²) in [5.74, 6) is 0.786. The van der Waals surface area contributed by atoms with E-state index < -0.39 is 0 Å². The summed E-state index contributed by atoms with van der Waals surface area (Å²) in [4.78, 5) is 4.20. The molecule has 88 valence electrons. The van der Waals surface area contributed by atoms with Crippen LogP contribution in [-0.4, -0.2) is 4.98 Å². The van der Waals surface area contributed by atoms with Crippen molar-refractivity contribution < 1.29 is 4.74 Å². The molecule has 0 radical (unpaired) electrons. The second-order valence-electron chi connectivity index (χ2n) is 4.03. The van der Waals surface area contributed by atoms with Crippen molar-refractivity contribution in [2.45, 2.75) is 20.5 Å². The molecule has 0 aliphatic carbocycles. The van der Waals surface area contributed by atoms with Gasteiger partial charge in [-0.3, -0.25) is 4.98 Å². The van der Waals surface area contributed by atoms with Crippen molar-refractivity contribution in [1.82, 2.24) is 4.98 Å². The Bertz CT molecular complexity index is 509. The predicted octanol–water partition coefficient (Wildman–Crippen LogP) is 2.86. The van der Waals surface area contributed by atoms with Gasteiger partial charge >= 0.3 is 0 Å². The standard InChI is InChI=1S/C14H16N2O/c1-10-13(15)8-16-11(2)14(10)17-9-12-6-4-3-5-7-12/h3-8H,9,15H2,1-2H3.